The normalized spacial score (nSPS) is 14.6. The number of anilines is 3. The number of aryl methyl sites for hydroxylation is 1. The van der Waals surface area contributed by atoms with E-state index in [0.717, 1.165) is 31.9 Å². The highest BCUT2D eigenvalue weighted by atomic mass is 19.1. The van der Waals surface area contributed by atoms with Crippen LogP contribution in [0, 0.1) is 11.7 Å². The number of nitrogens with one attached hydrogen (secondary N) is 3. The Hall–Kier alpha value is -3.75. The van der Waals surface area contributed by atoms with Crippen LogP contribution in [0.4, 0.5) is 21.6 Å². The van der Waals surface area contributed by atoms with Gasteiger partial charge in [-0.1, -0.05) is 31.7 Å². The zero-order valence-corrected chi connectivity index (χ0v) is 18.4. The van der Waals surface area contributed by atoms with Crippen molar-refractivity contribution in [2.75, 3.05) is 10.6 Å². The van der Waals surface area contributed by atoms with Crippen LogP contribution in [0.15, 0.2) is 55.0 Å². The SMILES string of the molecule is Cn1cc(NC(=O)[C@H](CC2CCCC2)NC(=O)c2cccc(Nc3ccc(F)cn3)c2)cn1. The lowest BCUT2D eigenvalue weighted by atomic mass is 9.97. The van der Waals surface area contributed by atoms with Gasteiger partial charge in [-0.05, 0) is 42.7 Å². The molecule has 1 saturated carbocycles. The summed E-state index contributed by atoms with van der Waals surface area (Å²) in [6.45, 7) is 0. The van der Waals surface area contributed by atoms with E-state index in [4.69, 9.17) is 0 Å². The molecule has 2 heterocycles. The van der Waals surface area contributed by atoms with Crippen LogP contribution in [0.3, 0.4) is 0 Å². The number of amides is 2. The highest BCUT2D eigenvalue weighted by molar-refractivity contribution is 6.01. The molecule has 0 radical (unpaired) electrons. The maximum atomic E-state index is 13.1. The van der Waals surface area contributed by atoms with Crippen LogP contribution >= 0.6 is 0 Å². The topological polar surface area (TPSA) is 101 Å². The molecule has 0 unspecified atom stereocenters. The highest BCUT2D eigenvalue weighted by Crippen LogP contribution is 2.29. The average Bonchev–Trinajstić information content (AvgIpc) is 3.46. The van der Waals surface area contributed by atoms with Gasteiger partial charge in [0.2, 0.25) is 5.91 Å². The van der Waals surface area contributed by atoms with Crippen LogP contribution in [0.5, 0.6) is 0 Å². The highest BCUT2D eigenvalue weighted by Gasteiger charge is 2.27. The maximum absolute atomic E-state index is 13.1. The van der Waals surface area contributed by atoms with Gasteiger partial charge >= 0.3 is 0 Å². The van der Waals surface area contributed by atoms with Gasteiger partial charge in [-0.2, -0.15) is 5.10 Å². The largest absolute Gasteiger partial charge is 0.340 e. The number of carbonyl (C=O) groups is 2. The summed E-state index contributed by atoms with van der Waals surface area (Å²) in [5.41, 5.74) is 1.63. The lowest BCUT2D eigenvalue weighted by Crippen LogP contribution is -2.44. The quantitative estimate of drug-likeness (QED) is 0.481. The third kappa shape index (κ3) is 6.15. The Labute approximate surface area is 191 Å². The number of carbonyl (C=O) groups excluding carboxylic acids is 2. The minimum atomic E-state index is -0.656. The second-order valence-corrected chi connectivity index (χ2v) is 8.37. The van der Waals surface area contributed by atoms with Crippen molar-refractivity contribution in [2.45, 2.75) is 38.1 Å². The summed E-state index contributed by atoms with van der Waals surface area (Å²) in [6, 6.07) is 9.05. The van der Waals surface area contributed by atoms with Crippen molar-refractivity contribution in [2.24, 2.45) is 13.0 Å². The van der Waals surface area contributed by atoms with Crippen LogP contribution < -0.4 is 16.0 Å². The Kier molecular flexibility index (Phi) is 6.97. The fourth-order valence-corrected chi connectivity index (χ4v) is 4.10. The summed E-state index contributed by atoms with van der Waals surface area (Å²) in [7, 11) is 1.77. The number of aromatic nitrogens is 3. The Morgan fingerprint density at radius 1 is 1.15 bits per heavy atom. The minimum Gasteiger partial charge on any atom is -0.340 e. The zero-order chi connectivity index (χ0) is 23.2. The molecule has 172 valence electrons. The maximum Gasteiger partial charge on any atom is 0.252 e. The van der Waals surface area contributed by atoms with Crippen LogP contribution in [0.2, 0.25) is 0 Å². The Morgan fingerprint density at radius 2 is 1.97 bits per heavy atom. The first-order valence-electron chi connectivity index (χ1n) is 11.1. The molecule has 1 aromatic carbocycles. The number of hydrogen-bond acceptors (Lipinski definition) is 5. The van der Waals surface area contributed by atoms with E-state index in [1.165, 1.54) is 12.1 Å². The number of pyridine rings is 1. The molecule has 2 amide bonds. The first-order chi connectivity index (χ1) is 16.0. The lowest BCUT2D eigenvalue weighted by molar-refractivity contribution is -0.118. The molecule has 3 aromatic rings. The zero-order valence-electron chi connectivity index (χ0n) is 18.4. The molecule has 1 atom stereocenters. The van der Waals surface area contributed by atoms with Gasteiger partial charge in [-0.3, -0.25) is 14.3 Å². The molecular weight excluding hydrogens is 423 g/mol. The fraction of sp³-hybridized carbons (Fsp3) is 0.333. The summed E-state index contributed by atoms with van der Waals surface area (Å²) >= 11 is 0. The number of halogens is 1. The van der Waals surface area contributed by atoms with Gasteiger partial charge in [0.15, 0.2) is 0 Å². The van der Waals surface area contributed by atoms with Gasteiger partial charge in [-0.25, -0.2) is 9.37 Å². The van der Waals surface area contributed by atoms with Crippen LogP contribution in [-0.2, 0) is 11.8 Å². The number of benzene rings is 1. The van der Waals surface area contributed by atoms with Gasteiger partial charge in [0.25, 0.3) is 5.91 Å². The van der Waals surface area contributed by atoms with Crippen molar-refractivity contribution in [1.29, 1.82) is 0 Å². The molecule has 0 saturated heterocycles. The summed E-state index contributed by atoms with van der Waals surface area (Å²) in [4.78, 5) is 30.0. The molecule has 33 heavy (non-hydrogen) atoms. The monoisotopic (exact) mass is 450 g/mol. The molecule has 0 bridgehead atoms. The molecule has 1 aliphatic carbocycles. The third-order valence-electron chi connectivity index (χ3n) is 5.76. The van der Waals surface area contributed by atoms with Crippen molar-refractivity contribution >= 4 is 29.0 Å². The van der Waals surface area contributed by atoms with Crippen LogP contribution in [0.1, 0.15) is 42.5 Å². The standard InChI is InChI=1S/C24H27FN6O2/c1-31-15-20(14-27-31)29-24(33)21(11-16-5-2-3-6-16)30-23(32)17-7-4-8-19(12-17)28-22-10-9-18(25)13-26-22/h4,7-10,12-16,21H,2-3,5-6,11H2,1H3,(H,26,28)(H,29,33)(H,30,32)/t21-/m0/s1. The molecule has 3 N–H and O–H groups in total. The molecule has 1 aliphatic rings. The van der Waals surface area contributed by atoms with Crippen molar-refractivity contribution in [3.05, 3.63) is 66.4 Å². The van der Waals surface area contributed by atoms with Gasteiger partial charge < -0.3 is 16.0 Å². The Balaban J connectivity index is 1.46. The lowest BCUT2D eigenvalue weighted by Gasteiger charge is -2.21. The second kappa shape index (κ2) is 10.2. The number of nitrogens with zero attached hydrogens (tertiary/aromatic N) is 3. The predicted octanol–water partition coefficient (Wildman–Crippen LogP) is 4.02. The van der Waals surface area contributed by atoms with Crippen molar-refractivity contribution in [3.63, 3.8) is 0 Å². The summed E-state index contributed by atoms with van der Waals surface area (Å²) < 4.78 is 14.7. The Morgan fingerprint density at radius 3 is 2.67 bits per heavy atom. The molecule has 2 aromatic heterocycles. The van der Waals surface area contributed by atoms with E-state index >= 15 is 0 Å². The van der Waals surface area contributed by atoms with E-state index in [2.05, 4.69) is 26.0 Å². The van der Waals surface area contributed by atoms with E-state index in [9.17, 15) is 14.0 Å². The van der Waals surface area contributed by atoms with E-state index in [1.807, 2.05) is 0 Å². The molecule has 4 rings (SSSR count). The van der Waals surface area contributed by atoms with Crippen molar-refractivity contribution in [3.8, 4) is 0 Å². The summed E-state index contributed by atoms with van der Waals surface area (Å²) in [5, 5.41) is 12.9. The number of hydrogen-bond donors (Lipinski definition) is 3. The van der Waals surface area contributed by atoms with Crippen molar-refractivity contribution in [1.82, 2.24) is 20.1 Å². The van der Waals surface area contributed by atoms with Gasteiger partial charge in [0.1, 0.15) is 17.7 Å². The second-order valence-electron chi connectivity index (χ2n) is 8.37. The summed E-state index contributed by atoms with van der Waals surface area (Å²) in [6.07, 6.45) is 9.44. The summed E-state index contributed by atoms with van der Waals surface area (Å²) in [5.74, 6) is -0.147. The van der Waals surface area contributed by atoms with E-state index in [-0.39, 0.29) is 11.8 Å². The smallest absolute Gasteiger partial charge is 0.252 e. The molecular formula is C24H27FN6O2. The van der Waals surface area contributed by atoms with Crippen molar-refractivity contribution < 1.29 is 14.0 Å². The molecule has 0 spiro atoms. The number of rotatable bonds is 8. The van der Waals surface area contributed by atoms with Crippen LogP contribution in [-0.4, -0.2) is 32.6 Å². The first-order valence-corrected chi connectivity index (χ1v) is 11.1. The minimum absolute atomic E-state index is 0.256. The Bertz CT molecular complexity index is 1110. The molecule has 9 heteroatoms. The van der Waals surface area contributed by atoms with E-state index in [1.54, 1.807) is 48.4 Å². The average molecular weight is 451 g/mol. The third-order valence-corrected chi connectivity index (χ3v) is 5.76. The van der Waals surface area contributed by atoms with Gasteiger partial charge in [-0.15, -0.1) is 0 Å². The van der Waals surface area contributed by atoms with E-state index < -0.39 is 11.9 Å². The molecule has 8 nitrogen and oxygen atoms in total. The van der Waals surface area contributed by atoms with Gasteiger partial charge in [0.05, 0.1) is 18.1 Å². The fourth-order valence-electron chi connectivity index (χ4n) is 4.10. The molecule has 0 aliphatic heterocycles. The first kappa shape index (κ1) is 22.4. The molecule has 1 fully saturated rings. The predicted molar refractivity (Wildman–Crippen MR) is 124 cm³/mol. The van der Waals surface area contributed by atoms with E-state index in [0.29, 0.717) is 35.1 Å². The van der Waals surface area contributed by atoms with Gasteiger partial charge in [0, 0.05) is 24.5 Å². The van der Waals surface area contributed by atoms with Crippen LogP contribution in [0.25, 0.3) is 0 Å².